The van der Waals surface area contributed by atoms with Gasteiger partial charge in [-0.05, 0) is 48.9 Å². The van der Waals surface area contributed by atoms with Crippen LogP contribution in [0.1, 0.15) is 12.5 Å². The van der Waals surface area contributed by atoms with E-state index < -0.39 is 0 Å². The first-order chi connectivity index (χ1) is 9.20. The maximum Gasteiger partial charge on any atom is 0.330 e. The summed E-state index contributed by atoms with van der Waals surface area (Å²) >= 11 is 3.42. The Bertz CT molecular complexity index is 585. The third-order valence-corrected chi connectivity index (χ3v) is 2.98. The van der Waals surface area contributed by atoms with Crippen molar-refractivity contribution in [3.05, 3.63) is 52.7 Å². The van der Waals surface area contributed by atoms with Gasteiger partial charge < -0.3 is 9.15 Å². The zero-order valence-electron chi connectivity index (χ0n) is 10.4. The van der Waals surface area contributed by atoms with E-state index in [9.17, 15) is 4.79 Å². The molecule has 0 saturated heterocycles. The molecule has 0 spiro atoms. The fraction of sp³-hybridized carbons (Fsp3) is 0.133. The Kier molecular flexibility index (Phi) is 4.58. The van der Waals surface area contributed by atoms with Crippen molar-refractivity contribution in [2.75, 3.05) is 6.61 Å². The molecule has 0 atom stereocenters. The lowest BCUT2D eigenvalue weighted by Crippen LogP contribution is -1.98. The van der Waals surface area contributed by atoms with Crippen molar-refractivity contribution >= 4 is 28.0 Å². The van der Waals surface area contributed by atoms with Crippen LogP contribution in [-0.2, 0) is 9.53 Å². The maximum absolute atomic E-state index is 11.4. The predicted octanol–water partition coefficient (Wildman–Crippen LogP) is 4.29. The van der Waals surface area contributed by atoms with Gasteiger partial charge in [-0.1, -0.05) is 15.9 Å². The number of halogens is 1. The van der Waals surface area contributed by atoms with Crippen LogP contribution in [0.15, 0.2) is 51.6 Å². The topological polar surface area (TPSA) is 39.4 Å². The fourth-order valence-corrected chi connectivity index (χ4v) is 2.05. The van der Waals surface area contributed by atoms with Gasteiger partial charge in [-0.2, -0.15) is 0 Å². The van der Waals surface area contributed by atoms with Crippen LogP contribution in [-0.4, -0.2) is 12.6 Å². The highest BCUT2D eigenvalue weighted by molar-refractivity contribution is 9.10. The summed E-state index contributed by atoms with van der Waals surface area (Å²) in [6.45, 7) is 2.14. The van der Waals surface area contributed by atoms with E-state index in [1.807, 2.05) is 30.3 Å². The second-order valence-electron chi connectivity index (χ2n) is 3.79. The fourth-order valence-electron chi connectivity index (χ4n) is 1.68. The van der Waals surface area contributed by atoms with Gasteiger partial charge in [0.25, 0.3) is 0 Å². The zero-order chi connectivity index (χ0) is 13.7. The minimum atomic E-state index is -0.354. The molecule has 2 aromatic rings. The number of hydrogen-bond acceptors (Lipinski definition) is 3. The molecule has 0 N–H and O–H groups in total. The summed E-state index contributed by atoms with van der Waals surface area (Å²) in [7, 11) is 0. The van der Waals surface area contributed by atoms with Crippen molar-refractivity contribution in [3.63, 3.8) is 0 Å². The van der Waals surface area contributed by atoms with E-state index in [0.717, 1.165) is 21.4 Å². The van der Waals surface area contributed by atoms with Crippen LogP contribution in [0.25, 0.3) is 17.4 Å². The maximum atomic E-state index is 11.4. The van der Waals surface area contributed by atoms with E-state index in [2.05, 4.69) is 15.9 Å². The Morgan fingerprint density at radius 1 is 1.42 bits per heavy atom. The Labute approximate surface area is 120 Å². The summed E-state index contributed by atoms with van der Waals surface area (Å²) in [4.78, 5) is 11.4. The lowest BCUT2D eigenvalue weighted by Gasteiger charge is -2.04. The molecule has 0 saturated carbocycles. The van der Waals surface area contributed by atoms with Gasteiger partial charge in [0.2, 0.25) is 0 Å². The number of furan rings is 1. The first-order valence-corrected chi connectivity index (χ1v) is 6.68. The first-order valence-electron chi connectivity index (χ1n) is 5.89. The number of carbonyl (C=O) groups excluding carboxylic acids is 1. The first kappa shape index (κ1) is 13.6. The molecule has 98 valence electrons. The second kappa shape index (κ2) is 6.38. The smallest absolute Gasteiger partial charge is 0.330 e. The number of rotatable bonds is 4. The normalized spacial score (nSPS) is 10.8. The molecular formula is C15H13BrO3. The highest BCUT2D eigenvalue weighted by Crippen LogP contribution is 2.28. The minimum absolute atomic E-state index is 0.354. The monoisotopic (exact) mass is 320 g/mol. The van der Waals surface area contributed by atoms with Gasteiger partial charge in [-0.25, -0.2) is 4.79 Å². The summed E-state index contributed by atoms with van der Waals surface area (Å²) in [5.74, 6) is 0.406. The van der Waals surface area contributed by atoms with Gasteiger partial charge in [-0.15, -0.1) is 0 Å². The zero-order valence-corrected chi connectivity index (χ0v) is 12.0. The van der Waals surface area contributed by atoms with Crippen LogP contribution in [0, 0.1) is 0 Å². The molecule has 0 bridgehead atoms. The molecule has 0 aliphatic heterocycles. The summed E-state index contributed by atoms with van der Waals surface area (Å²) < 4.78 is 11.2. The minimum Gasteiger partial charge on any atom is -0.464 e. The van der Waals surface area contributed by atoms with Crippen LogP contribution in [0.2, 0.25) is 0 Å². The second-order valence-corrected chi connectivity index (χ2v) is 4.71. The molecule has 1 aromatic heterocycles. The molecule has 0 fully saturated rings. The van der Waals surface area contributed by atoms with Crippen molar-refractivity contribution < 1.29 is 13.9 Å². The number of carbonyl (C=O) groups is 1. The summed E-state index contributed by atoms with van der Waals surface area (Å²) in [5, 5.41) is 0. The molecule has 2 rings (SSSR count). The van der Waals surface area contributed by atoms with E-state index in [0.29, 0.717) is 6.61 Å². The van der Waals surface area contributed by atoms with E-state index in [1.165, 1.54) is 6.08 Å². The lowest BCUT2D eigenvalue weighted by atomic mass is 10.0. The van der Waals surface area contributed by atoms with E-state index in [-0.39, 0.29) is 5.97 Å². The van der Waals surface area contributed by atoms with Crippen LogP contribution >= 0.6 is 15.9 Å². The molecule has 19 heavy (non-hydrogen) atoms. The molecule has 0 amide bonds. The average Bonchev–Trinajstić information content (AvgIpc) is 2.90. The van der Waals surface area contributed by atoms with Gasteiger partial charge in [0.15, 0.2) is 0 Å². The van der Waals surface area contributed by atoms with Crippen LogP contribution in [0.3, 0.4) is 0 Å². The van der Waals surface area contributed by atoms with Crippen LogP contribution in [0.5, 0.6) is 0 Å². The van der Waals surface area contributed by atoms with Crippen LogP contribution < -0.4 is 0 Å². The van der Waals surface area contributed by atoms with Crippen molar-refractivity contribution in [1.82, 2.24) is 0 Å². The molecule has 1 aromatic carbocycles. The van der Waals surface area contributed by atoms with E-state index in [4.69, 9.17) is 9.15 Å². The molecule has 3 nitrogen and oxygen atoms in total. The van der Waals surface area contributed by atoms with Gasteiger partial charge in [0.1, 0.15) is 5.76 Å². The molecule has 0 aliphatic carbocycles. The SMILES string of the molecule is CCOC(=O)C=Cc1cc(Br)ccc1-c1ccco1. The number of benzene rings is 1. The van der Waals surface area contributed by atoms with Gasteiger partial charge in [0, 0.05) is 16.1 Å². The Balaban J connectivity index is 2.33. The average molecular weight is 321 g/mol. The van der Waals surface area contributed by atoms with E-state index in [1.54, 1.807) is 19.3 Å². The molecular weight excluding hydrogens is 308 g/mol. The standard InChI is InChI=1S/C15H13BrO3/c1-2-18-15(17)8-5-11-10-12(16)6-7-13(11)14-4-3-9-19-14/h3-10H,2H2,1H3. The Morgan fingerprint density at radius 3 is 2.95 bits per heavy atom. The largest absolute Gasteiger partial charge is 0.464 e. The third-order valence-electron chi connectivity index (χ3n) is 2.49. The number of hydrogen-bond donors (Lipinski definition) is 0. The Morgan fingerprint density at radius 2 is 2.26 bits per heavy atom. The summed E-state index contributed by atoms with van der Waals surface area (Å²) in [6.07, 6.45) is 4.76. The Hall–Kier alpha value is -1.81. The quantitative estimate of drug-likeness (QED) is 0.623. The third kappa shape index (κ3) is 3.58. The molecule has 0 radical (unpaired) electrons. The van der Waals surface area contributed by atoms with Gasteiger partial charge >= 0.3 is 5.97 Å². The summed E-state index contributed by atoms with van der Waals surface area (Å²) in [6, 6.07) is 9.50. The molecule has 0 aliphatic rings. The lowest BCUT2D eigenvalue weighted by molar-refractivity contribution is -0.137. The molecule has 4 heteroatoms. The van der Waals surface area contributed by atoms with Crippen molar-refractivity contribution in [2.45, 2.75) is 6.92 Å². The molecule has 1 heterocycles. The predicted molar refractivity (Wildman–Crippen MR) is 77.5 cm³/mol. The van der Waals surface area contributed by atoms with Crippen LogP contribution in [0.4, 0.5) is 0 Å². The highest BCUT2D eigenvalue weighted by atomic mass is 79.9. The van der Waals surface area contributed by atoms with Gasteiger partial charge in [0.05, 0.1) is 12.9 Å². The van der Waals surface area contributed by atoms with Gasteiger partial charge in [-0.3, -0.25) is 0 Å². The van der Waals surface area contributed by atoms with E-state index >= 15 is 0 Å². The van der Waals surface area contributed by atoms with Crippen molar-refractivity contribution in [1.29, 1.82) is 0 Å². The van der Waals surface area contributed by atoms with Crippen molar-refractivity contribution in [3.8, 4) is 11.3 Å². The number of ether oxygens (including phenoxy) is 1. The van der Waals surface area contributed by atoms with Crippen molar-refractivity contribution in [2.24, 2.45) is 0 Å². The molecule has 0 unspecified atom stereocenters. The number of esters is 1. The summed E-state index contributed by atoms with van der Waals surface area (Å²) in [5.41, 5.74) is 1.81. The highest BCUT2D eigenvalue weighted by Gasteiger charge is 2.06.